The van der Waals surface area contributed by atoms with Crippen molar-refractivity contribution < 1.29 is 14.2 Å². The summed E-state index contributed by atoms with van der Waals surface area (Å²) in [6, 6.07) is 9.29. The molecule has 0 fully saturated rings. The SMILES string of the molecule is Cc1cc(C)n(-c2ccc(C(=O)NCCOc3nonc3C)cc2)n1. The quantitative estimate of drug-likeness (QED) is 0.689. The van der Waals surface area contributed by atoms with Gasteiger partial charge in [0.1, 0.15) is 12.3 Å². The predicted molar refractivity (Wildman–Crippen MR) is 89.9 cm³/mol. The standard InChI is InChI=1S/C17H19N5O3/c1-11-10-12(2)22(19-11)15-6-4-14(5-7-15)16(23)18-8-9-24-17-13(3)20-25-21-17/h4-7,10H,8-9H2,1-3H3,(H,18,23). The number of carbonyl (C=O) groups is 1. The first-order valence-electron chi connectivity index (χ1n) is 7.88. The number of aromatic nitrogens is 4. The summed E-state index contributed by atoms with van der Waals surface area (Å²) in [5, 5.41) is 14.4. The summed E-state index contributed by atoms with van der Waals surface area (Å²) >= 11 is 0. The summed E-state index contributed by atoms with van der Waals surface area (Å²) in [6.07, 6.45) is 0. The van der Waals surface area contributed by atoms with Crippen LogP contribution in [0.3, 0.4) is 0 Å². The number of ether oxygens (including phenoxy) is 1. The van der Waals surface area contributed by atoms with Gasteiger partial charge < -0.3 is 10.1 Å². The van der Waals surface area contributed by atoms with E-state index in [9.17, 15) is 4.79 Å². The molecule has 2 heterocycles. The van der Waals surface area contributed by atoms with Gasteiger partial charge in [-0.1, -0.05) is 5.16 Å². The maximum atomic E-state index is 12.2. The van der Waals surface area contributed by atoms with Crippen LogP contribution in [0, 0.1) is 20.8 Å². The number of hydrogen-bond donors (Lipinski definition) is 1. The lowest BCUT2D eigenvalue weighted by Crippen LogP contribution is -2.28. The van der Waals surface area contributed by atoms with Crippen molar-refractivity contribution in [2.45, 2.75) is 20.8 Å². The molecular weight excluding hydrogens is 322 g/mol. The first kappa shape index (κ1) is 16.7. The molecule has 1 aromatic carbocycles. The van der Waals surface area contributed by atoms with E-state index in [0.29, 0.717) is 23.7 Å². The Morgan fingerprint density at radius 1 is 1.20 bits per heavy atom. The Bertz CT molecular complexity index is 867. The molecule has 0 saturated heterocycles. The van der Waals surface area contributed by atoms with Crippen molar-refractivity contribution in [3.05, 3.63) is 53.0 Å². The second kappa shape index (κ2) is 7.16. The minimum absolute atomic E-state index is 0.168. The zero-order chi connectivity index (χ0) is 17.8. The fraction of sp³-hybridized carbons (Fsp3) is 0.294. The van der Waals surface area contributed by atoms with Crippen LogP contribution in [0.1, 0.15) is 27.4 Å². The van der Waals surface area contributed by atoms with Gasteiger partial charge in [0.15, 0.2) is 0 Å². The van der Waals surface area contributed by atoms with E-state index in [0.717, 1.165) is 17.1 Å². The summed E-state index contributed by atoms with van der Waals surface area (Å²) in [5.74, 6) is 0.169. The Balaban J connectivity index is 1.54. The van der Waals surface area contributed by atoms with Crippen LogP contribution in [0.4, 0.5) is 0 Å². The molecule has 0 bridgehead atoms. The van der Waals surface area contributed by atoms with Gasteiger partial charge in [-0.2, -0.15) is 5.10 Å². The van der Waals surface area contributed by atoms with Gasteiger partial charge in [0, 0.05) is 11.3 Å². The third-order valence-electron chi connectivity index (χ3n) is 3.62. The van der Waals surface area contributed by atoms with Crippen LogP contribution >= 0.6 is 0 Å². The molecular formula is C17H19N5O3. The van der Waals surface area contributed by atoms with E-state index in [1.165, 1.54) is 0 Å². The molecule has 1 amide bonds. The van der Waals surface area contributed by atoms with Crippen LogP contribution in [-0.4, -0.2) is 39.2 Å². The fourth-order valence-corrected chi connectivity index (χ4v) is 2.41. The highest BCUT2D eigenvalue weighted by atomic mass is 16.6. The summed E-state index contributed by atoms with van der Waals surface area (Å²) in [6.45, 7) is 6.31. The van der Waals surface area contributed by atoms with E-state index in [2.05, 4.69) is 25.4 Å². The van der Waals surface area contributed by atoms with Crippen LogP contribution < -0.4 is 10.1 Å². The highest BCUT2D eigenvalue weighted by Gasteiger charge is 2.09. The van der Waals surface area contributed by atoms with Gasteiger partial charge >= 0.3 is 0 Å². The van der Waals surface area contributed by atoms with Crippen molar-refractivity contribution in [1.82, 2.24) is 25.4 Å². The van der Waals surface area contributed by atoms with Gasteiger partial charge in [0.05, 0.1) is 17.9 Å². The Hall–Kier alpha value is -3.16. The first-order chi connectivity index (χ1) is 12.0. The number of aryl methyl sites for hydroxylation is 3. The molecule has 25 heavy (non-hydrogen) atoms. The number of rotatable bonds is 6. The van der Waals surface area contributed by atoms with Crippen molar-refractivity contribution in [1.29, 1.82) is 0 Å². The molecule has 3 rings (SSSR count). The minimum Gasteiger partial charge on any atom is -0.472 e. The fourth-order valence-electron chi connectivity index (χ4n) is 2.41. The molecule has 1 N–H and O–H groups in total. The molecule has 0 aliphatic rings. The highest BCUT2D eigenvalue weighted by Crippen LogP contribution is 2.13. The molecule has 8 nitrogen and oxygen atoms in total. The highest BCUT2D eigenvalue weighted by molar-refractivity contribution is 5.94. The molecule has 8 heteroatoms. The third-order valence-corrected chi connectivity index (χ3v) is 3.62. The predicted octanol–water partition coefficient (Wildman–Crippen LogP) is 1.99. The van der Waals surface area contributed by atoms with Gasteiger partial charge in [0.25, 0.3) is 11.8 Å². The number of nitrogens with one attached hydrogen (secondary N) is 1. The average Bonchev–Trinajstić information content (AvgIpc) is 3.16. The Labute approximate surface area is 144 Å². The third kappa shape index (κ3) is 3.85. The van der Waals surface area contributed by atoms with Crippen molar-refractivity contribution in [2.24, 2.45) is 0 Å². The molecule has 3 aromatic rings. The van der Waals surface area contributed by atoms with E-state index >= 15 is 0 Å². The van der Waals surface area contributed by atoms with Gasteiger partial charge in [-0.15, -0.1) is 0 Å². The average molecular weight is 341 g/mol. The Kier molecular flexibility index (Phi) is 4.78. The van der Waals surface area contributed by atoms with Crippen LogP contribution in [0.5, 0.6) is 5.88 Å². The molecule has 2 aromatic heterocycles. The molecule has 0 unspecified atom stereocenters. The van der Waals surface area contributed by atoms with Crippen molar-refractivity contribution in [3.8, 4) is 11.6 Å². The van der Waals surface area contributed by atoms with Crippen LogP contribution in [0.15, 0.2) is 35.0 Å². The van der Waals surface area contributed by atoms with Gasteiger partial charge in [-0.3, -0.25) is 4.79 Å². The summed E-state index contributed by atoms with van der Waals surface area (Å²) < 4.78 is 11.7. The molecule has 0 saturated carbocycles. The second-order valence-corrected chi connectivity index (χ2v) is 5.64. The molecule has 0 radical (unpaired) electrons. The maximum Gasteiger partial charge on any atom is 0.278 e. The lowest BCUT2D eigenvalue weighted by atomic mass is 10.2. The molecule has 0 atom stereocenters. The normalized spacial score (nSPS) is 10.7. The molecule has 0 aliphatic heterocycles. The zero-order valence-electron chi connectivity index (χ0n) is 14.3. The smallest absolute Gasteiger partial charge is 0.278 e. The van der Waals surface area contributed by atoms with E-state index in [-0.39, 0.29) is 12.5 Å². The molecule has 0 aliphatic carbocycles. The summed E-state index contributed by atoms with van der Waals surface area (Å²) in [5.41, 5.74) is 4.07. The van der Waals surface area contributed by atoms with Crippen molar-refractivity contribution in [3.63, 3.8) is 0 Å². The van der Waals surface area contributed by atoms with Crippen molar-refractivity contribution >= 4 is 5.91 Å². The number of nitrogens with zero attached hydrogens (tertiary/aromatic N) is 4. The second-order valence-electron chi connectivity index (χ2n) is 5.64. The van der Waals surface area contributed by atoms with E-state index in [1.54, 1.807) is 19.1 Å². The Morgan fingerprint density at radius 2 is 1.96 bits per heavy atom. The lowest BCUT2D eigenvalue weighted by Gasteiger charge is -2.08. The number of amides is 1. The van der Waals surface area contributed by atoms with Crippen LogP contribution in [0.25, 0.3) is 5.69 Å². The van der Waals surface area contributed by atoms with Gasteiger partial charge in [-0.25, -0.2) is 9.31 Å². The van der Waals surface area contributed by atoms with Gasteiger partial charge in [-0.05, 0) is 56.3 Å². The van der Waals surface area contributed by atoms with E-state index < -0.39 is 0 Å². The maximum absolute atomic E-state index is 12.2. The zero-order valence-corrected chi connectivity index (χ0v) is 14.3. The molecule has 0 spiro atoms. The lowest BCUT2D eigenvalue weighted by molar-refractivity contribution is 0.0946. The number of benzene rings is 1. The van der Waals surface area contributed by atoms with E-state index in [4.69, 9.17) is 4.74 Å². The van der Waals surface area contributed by atoms with Gasteiger partial charge in [0.2, 0.25) is 0 Å². The number of carbonyl (C=O) groups excluding carboxylic acids is 1. The van der Waals surface area contributed by atoms with E-state index in [1.807, 2.05) is 36.7 Å². The minimum atomic E-state index is -0.168. The summed E-state index contributed by atoms with van der Waals surface area (Å²) in [7, 11) is 0. The van der Waals surface area contributed by atoms with Crippen LogP contribution in [-0.2, 0) is 0 Å². The first-order valence-corrected chi connectivity index (χ1v) is 7.88. The monoisotopic (exact) mass is 341 g/mol. The van der Waals surface area contributed by atoms with Crippen molar-refractivity contribution in [2.75, 3.05) is 13.2 Å². The van der Waals surface area contributed by atoms with Crippen LogP contribution in [0.2, 0.25) is 0 Å². The molecule has 130 valence electrons. The topological polar surface area (TPSA) is 95.1 Å². The Morgan fingerprint density at radius 3 is 2.56 bits per heavy atom. The number of hydrogen-bond acceptors (Lipinski definition) is 6. The largest absolute Gasteiger partial charge is 0.472 e. The summed E-state index contributed by atoms with van der Waals surface area (Å²) in [4.78, 5) is 12.2.